The van der Waals surface area contributed by atoms with Gasteiger partial charge in [0.05, 0.1) is 18.3 Å². The molecule has 0 radical (unpaired) electrons. The van der Waals surface area contributed by atoms with Gasteiger partial charge in [0, 0.05) is 17.7 Å². The summed E-state index contributed by atoms with van der Waals surface area (Å²) in [6.45, 7) is 5.14. The number of aromatic amines is 1. The molecular weight excluding hydrogens is 398 g/mol. The minimum Gasteiger partial charge on any atom is -0.494 e. The molecule has 0 spiro atoms. The summed E-state index contributed by atoms with van der Waals surface area (Å²) in [6.07, 6.45) is 0. The fraction of sp³-hybridized carbons (Fsp3) is 0.185. The average molecular weight is 424 g/mol. The normalized spacial score (nSPS) is 15.1. The second-order valence-corrected chi connectivity index (χ2v) is 8.05. The number of nitrogens with zero attached hydrogens (tertiary/aromatic N) is 2. The Hall–Kier alpha value is -3.86. The number of benzene rings is 3. The van der Waals surface area contributed by atoms with Gasteiger partial charge in [0.1, 0.15) is 11.4 Å². The lowest BCUT2D eigenvalue weighted by Gasteiger charge is -2.27. The van der Waals surface area contributed by atoms with Gasteiger partial charge in [-0.15, -0.1) is 0 Å². The quantitative estimate of drug-likeness (QED) is 0.444. The van der Waals surface area contributed by atoms with Crippen molar-refractivity contribution < 1.29 is 9.53 Å². The molecule has 1 N–H and O–H groups in total. The Balaban J connectivity index is 1.63. The zero-order chi connectivity index (χ0) is 22.1. The molecule has 0 aliphatic carbocycles. The van der Waals surface area contributed by atoms with E-state index in [9.17, 15) is 4.79 Å². The first-order valence-electron chi connectivity index (χ1n) is 10.9. The van der Waals surface area contributed by atoms with Crippen LogP contribution in [0.5, 0.6) is 5.75 Å². The molecule has 1 aliphatic rings. The summed E-state index contributed by atoms with van der Waals surface area (Å²) in [7, 11) is 0. The summed E-state index contributed by atoms with van der Waals surface area (Å²) in [4.78, 5) is 15.5. The maximum absolute atomic E-state index is 13.5. The Kier molecular flexibility index (Phi) is 5.23. The van der Waals surface area contributed by atoms with Crippen LogP contribution in [0, 0.1) is 6.92 Å². The lowest BCUT2D eigenvalue weighted by molar-refractivity contribution is 0.0730. The highest BCUT2D eigenvalue weighted by Crippen LogP contribution is 2.44. The minimum absolute atomic E-state index is 0.0398. The van der Waals surface area contributed by atoms with Crippen molar-refractivity contribution in [3.8, 4) is 17.0 Å². The molecule has 5 rings (SSSR count). The summed E-state index contributed by atoms with van der Waals surface area (Å²) < 4.78 is 5.76. The molecule has 4 aromatic rings. The number of hydrogen-bond donors (Lipinski definition) is 1. The molecule has 0 saturated carbocycles. The second kappa shape index (κ2) is 8.35. The van der Waals surface area contributed by atoms with E-state index in [1.165, 1.54) is 5.56 Å². The zero-order valence-corrected chi connectivity index (χ0v) is 18.2. The van der Waals surface area contributed by atoms with Gasteiger partial charge < -0.3 is 9.64 Å². The van der Waals surface area contributed by atoms with Crippen LogP contribution in [-0.4, -0.2) is 27.6 Å². The van der Waals surface area contributed by atoms with Crippen molar-refractivity contribution >= 4 is 5.91 Å². The number of fused-ring (bicyclic) bond motifs is 1. The Morgan fingerprint density at radius 2 is 1.78 bits per heavy atom. The van der Waals surface area contributed by atoms with Crippen molar-refractivity contribution in [3.63, 3.8) is 0 Å². The van der Waals surface area contributed by atoms with E-state index >= 15 is 0 Å². The van der Waals surface area contributed by atoms with Gasteiger partial charge in [0.2, 0.25) is 0 Å². The third-order valence-electron chi connectivity index (χ3n) is 5.87. The van der Waals surface area contributed by atoms with Gasteiger partial charge in [0.25, 0.3) is 5.91 Å². The predicted molar refractivity (Wildman–Crippen MR) is 125 cm³/mol. The molecule has 5 nitrogen and oxygen atoms in total. The molecule has 1 unspecified atom stereocenters. The van der Waals surface area contributed by atoms with Crippen molar-refractivity contribution in [2.75, 3.05) is 6.61 Å². The Bertz CT molecular complexity index is 1250. The number of ether oxygens (including phenoxy) is 1. The van der Waals surface area contributed by atoms with Crippen molar-refractivity contribution in [1.29, 1.82) is 0 Å². The van der Waals surface area contributed by atoms with Gasteiger partial charge in [-0.25, -0.2) is 0 Å². The number of aromatic nitrogens is 2. The lowest BCUT2D eigenvalue weighted by atomic mass is 9.95. The van der Waals surface area contributed by atoms with Gasteiger partial charge in [0.15, 0.2) is 0 Å². The predicted octanol–water partition coefficient (Wildman–Crippen LogP) is 5.53. The SMILES string of the molecule is CCOc1cccc(C2c3c(-c4ccccc4)n[nH]c3C(=O)N2Cc2ccc(C)cc2)c1. The number of amides is 1. The molecule has 1 atom stereocenters. The minimum atomic E-state index is -0.256. The Morgan fingerprint density at radius 1 is 1.00 bits per heavy atom. The number of H-pyrrole nitrogens is 1. The maximum Gasteiger partial charge on any atom is 0.273 e. The van der Waals surface area contributed by atoms with Gasteiger partial charge in [-0.3, -0.25) is 9.89 Å². The first-order chi connectivity index (χ1) is 15.7. The van der Waals surface area contributed by atoms with E-state index in [-0.39, 0.29) is 11.9 Å². The maximum atomic E-state index is 13.5. The number of hydrogen-bond acceptors (Lipinski definition) is 3. The first kappa shape index (κ1) is 20.1. The molecule has 0 bridgehead atoms. The first-order valence-corrected chi connectivity index (χ1v) is 10.9. The van der Waals surface area contributed by atoms with Crippen LogP contribution in [0.1, 0.15) is 45.7 Å². The van der Waals surface area contributed by atoms with Crippen molar-refractivity contribution in [1.82, 2.24) is 15.1 Å². The van der Waals surface area contributed by atoms with E-state index in [4.69, 9.17) is 4.74 Å². The average Bonchev–Trinajstić information content (AvgIpc) is 3.36. The third kappa shape index (κ3) is 3.56. The van der Waals surface area contributed by atoms with Crippen LogP contribution < -0.4 is 4.74 Å². The van der Waals surface area contributed by atoms with Gasteiger partial charge in [-0.2, -0.15) is 5.10 Å². The van der Waals surface area contributed by atoms with Crippen LogP contribution in [0.4, 0.5) is 0 Å². The molecule has 2 heterocycles. The second-order valence-electron chi connectivity index (χ2n) is 8.05. The molecule has 3 aromatic carbocycles. The monoisotopic (exact) mass is 423 g/mol. The van der Waals surface area contributed by atoms with Gasteiger partial charge in [-0.05, 0) is 37.1 Å². The summed E-state index contributed by atoms with van der Waals surface area (Å²) in [5, 5.41) is 7.57. The topological polar surface area (TPSA) is 58.2 Å². The molecule has 160 valence electrons. The highest BCUT2D eigenvalue weighted by Gasteiger charge is 2.42. The summed E-state index contributed by atoms with van der Waals surface area (Å²) in [5.41, 5.74) is 6.57. The standard InChI is InChI=1S/C27H25N3O2/c1-3-32-22-11-7-10-21(16-22)26-23-24(20-8-5-4-6-9-20)28-29-25(23)27(31)30(26)17-19-14-12-18(2)13-15-19/h4-16,26H,3,17H2,1-2H3,(H,28,29). The molecule has 5 heteroatoms. The van der Waals surface area contributed by atoms with E-state index < -0.39 is 0 Å². The largest absolute Gasteiger partial charge is 0.494 e. The van der Waals surface area contributed by atoms with Gasteiger partial charge >= 0.3 is 0 Å². The molecular formula is C27H25N3O2. The summed E-state index contributed by atoms with van der Waals surface area (Å²) >= 11 is 0. The van der Waals surface area contributed by atoms with E-state index in [0.717, 1.165) is 33.7 Å². The van der Waals surface area contributed by atoms with Gasteiger partial charge in [-0.1, -0.05) is 72.3 Å². The number of carbonyl (C=O) groups is 1. The molecule has 1 aliphatic heterocycles. The van der Waals surface area contributed by atoms with E-state index in [1.54, 1.807) is 0 Å². The zero-order valence-electron chi connectivity index (χ0n) is 18.2. The number of aryl methyl sites for hydroxylation is 1. The van der Waals surface area contributed by atoms with Crippen LogP contribution in [0.2, 0.25) is 0 Å². The fourth-order valence-electron chi connectivity index (χ4n) is 4.35. The van der Waals surface area contributed by atoms with E-state index in [2.05, 4.69) is 47.5 Å². The van der Waals surface area contributed by atoms with Crippen LogP contribution in [0.25, 0.3) is 11.3 Å². The highest BCUT2D eigenvalue weighted by molar-refractivity contribution is 6.00. The number of carbonyl (C=O) groups excluding carboxylic acids is 1. The van der Waals surface area contributed by atoms with Crippen molar-refractivity contribution in [2.45, 2.75) is 26.4 Å². The molecule has 0 fully saturated rings. The Labute approximate surface area is 187 Å². The van der Waals surface area contributed by atoms with E-state index in [1.807, 2.05) is 60.4 Å². The Morgan fingerprint density at radius 3 is 2.53 bits per heavy atom. The number of rotatable bonds is 6. The van der Waals surface area contributed by atoms with Crippen LogP contribution >= 0.6 is 0 Å². The molecule has 1 aromatic heterocycles. The summed E-state index contributed by atoms with van der Waals surface area (Å²) in [5.74, 6) is 0.757. The fourth-order valence-corrected chi connectivity index (χ4v) is 4.35. The highest BCUT2D eigenvalue weighted by atomic mass is 16.5. The summed E-state index contributed by atoms with van der Waals surface area (Å²) in [6, 6.07) is 26.1. The molecule has 1 amide bonds. The third-order valence-corrected chi connectivity index (χ3v) is 5.87. The van der Waals surface area contributed by atoms with Crippen LogP contribution in [0.3, 0.4) is 0 Å². The lowest BCUT2D eigenvalue weighted by Crippen LogP contribution is -2.29. The smallest absolute Gasteiger partial charge is 0.273 e. The molecule has 0 saturated heterocycles. The van der Waals surface area contributed by atoms with Crippen molar-refractivity contribution in [3.05, 3.63) is 107 Å². The van der Waals surface area contributed by atoms with Crippen molar-refractivity contribution in [2.24, 2.45) is 0 Å². The van der Waals surface area contributed by atoms with Crippen LogP contribution in [0.15, 0.2) is 78.9 Å². The van der Waals surface area contributed by atoms with Crippen LogP contribution in [-0.2, 0) is 6.54 Å². The number of nitrogens with one attached hydrogen (secondary N) is 1. The molecule has 32 heavy (non-hydrogen) atoms. The van der Waals surface area contributed by atoms with E-state index in [0.29, 0.717) is 18.8 Å².